The molecule has 6 N–H and O–H groups in total. The van der Waals surface area contributed by atoms with Crippen LogP contribution in [0.3, 0.4) is 0 Å². The summed E-state index contributed by atoms with van der Waals surface area (Å²) >= 11 is 4.64. The summed E-state index contributed by atoms with van der Waals surface area (Å²) in [7, 11) is 2.97. The van der Waals surface area contributed by atoms with Gasteiger partial charge in [-0.2, -0.15) is 4.99 Å². The maximum atomic E-state index is 14.6. The van der Waals surface area contributed by atoms with Gasteiger partial charge in [0.15, 0.2) is 5.60 Å². The lowest BCUT2D eigenvalue weighted by atomic mass is 9.77. The van der Waals surface area contributed by atoms with Crippen molar-refractivity contribution in [3.8, 4) is 23.0 Å². The normalized spacial score (nSPS) is 16.6. The summed E-state index contributed by atoms with van der Waals surface area (Å²) in [5, 5.41) is 27.9. The number of amides is 8. The number of carbonyl (C=O) groups is 9. The molecule has 25 nitrogen and oxygen atoms in total. The van der Waals surface area contributed by atoms with Crippen LogP contribution in [0.2, 0.25) is 0 Å². The molecule has 5 aromatic carbocycles. The van der Waals surface area contributed by atoms with Gasteiger partial charge in [0.25, 0.3) is 0 Å². The number of thiocarbonyl (C=S) groups is 1. The standard InChI is InChI=1S/C60H95N9O10.C21H11NO5S/c1-42(64(12)56(76)78-59(6,7)8)52(72)62-48(30-21-35-61)54(74)68-36-22-28-46(68)40-66(38-33-44-24-16-14-17-25-44)49(70)31-20-32-50(71)67(39-34-45-26-18-15-19-27-45)41-47-29-23-37-69(47)55(75)51(58(3,4)5)63-53(73)43(2)65(13)57(77)79-60(9,10)11;23-12-2-5-16-18(8-12)26-19-9-13(24)3-6-17(19)21(16)15-4-1-11(22-10-28)7-14(15)20(25)27-21/h14-19,24-27,42-43,46-48,51H,20-23,28-41,61H2,1-13H3,(H,62,72)(H,63,73);1-9,23-24H/t42-,43-,46-,47-,48-,51?;/m0./s1. The Labute approximate surface area is 633 Å². The Balaban J connectivity index is 0.000000422. The second kappa shape index (κ2) is 36.1. The number of nitrogens with zero attached hydrogens (tertiary/aromatic N) is 7. The van der Waals surface area contributed by atoms with E-state index in [2.05, 4.69) is 33.0 Å². The Morgan fingerprint density at radius 3 is 1.55 bits per heavy atom. The van der Waals surface area contributed by atoms with Gasteiger partial charge in [0, 0.05) is 107 Å². The van der Waals surface area contributed by atoms with Crippen LogP contribution in [0, 0.1) is 5.41 Å². The average Bonchev–Trinajstić information content (AvgIpc) is 1.60. The van der Waals surface area contributed by atoms with E-state index in [4.69, 9.17) is 24.7 Å². The summed E-state index contributed by atoms with van der Waals surface area (Å²) in [5.41, 5.74) is 7.11. The van der Waals surface area contributed by atoms with Crippen molar-refractivity contribution in [2.75, 3.05) is 59.9 Å². The summed E-state index contributed by atoms with van der Waals surface area (Å²) in [6, 6.07) is 29.7. The highest BCUT2D eigenvalue weighted by molar-refractivity contribution is 7.78. The molecule has 0 aliphatic carbocycles. The monoisotopic (exact) mass is 1490 g/mol. The number of hydrogen-bond donors (Lipinski definition) is 5. The lowest BCUT2D eigenvalue weighted by Crippen LogP contribution is -2.59. The van der Waals surface area contributed by atoms with Crippen LogP contribution in [0.4, 0.5) is 15.3 Å². The molecule has 5 aromatic rings. The molecule has 6 atom stereocenters. The van der Waals surface area contributed by atoms with E-state index in [1.807, 2.05) is 86.3 Å². The molecule has 1 unspecified atom stereocenters. The number of phenolic OH excluding ortho intramolecular Hbond substituents is 2. The van der Waals surface area contributed by atoms with E-state index < -0.39 is 76.4 Å². The Kier molecular flexibility index (Phi) is 27.9. The van der Waals surface area contributed by atoms with Crippen LogP contribution in [-0.2, 0) is 61.4 Å². The molecular weight excluding hydrogens is 1390 g/mol. The molecule has 2 fully saturated rings. The molecule has 0 bridgehead atoms. The molecule has 0 aromatic heterocycles. The van der Waals surface area contributed by atoms with Gasteiger partial charge >= 0.3 is 18.2 Å². The summed E-state index contributed by atoms with van der Waals surface area (Å²) in [5.74, 6) is -1.64. The Hall–Kier alpha value is -9.91. The molecular formula is C81H106N10O15S. The zero-order valence-corrected chi connectivity index (χ0v) is 64.8. The Bertz CT molecular complexity index is 4010. The molecule has 0 radical (unpaired) electrons. The number of aliphatic imine (C=N–C) groups is 1. The van der Waals surface area contributed by atoms with Crippen LogP contribution >= 0.6 is 12.2 Å². The summed E-state index contributed by atoms with van der Waals surface area (Å²) < 4.78 is 22.8. The second-order valence-corrected chi connectivity index (χ2v) is 31.1. The van der Waals surface area contributed by atoms with Crippen LogP contribution in [0.15, 0.2) is 120 Å². The van der Waals surface area contributed by atoms with Crippen LogP contribution in [0.1, 0.15) is 172 Å². The quantitative estimate of drug-likeness (QED) is 0.0149. The zero-order chi connectivity index (χ0) is 78.3. The first kappa shape index (κ1) is 82.7. The minimum Gasteiger partial charge on any atom is -0.508 e. The number of benzene rings is 5. The van der Waals surface area contributed by atoms with Crippen LogP contribution in [-0.4, -0.2) is 206 Å². The fraction of sp³-hybridized carbons (Fsp3) is 0.506. The number of nitrogens with one attached hydrogen (secondary N) is 2. The van der Waals surface area contributed by atoms with Gasteiger partial charge in [0.05, 0.1) is 16.4 Å². The first-order chi connectivity index (χ1) is 50.5. The SMILES string of the molecule is C[C@@H](C(=O)NC(C(=O)N1CCC[C@H]1CN(CCc1ccccc1)C(=O)CCCC(=O)N(CCc1ccccc1)C[C@@H]1CCCN1C(=O)[C@H](CCCN)NC(=O)[C@H](C)N(C)C(=O)OC(C)(C)C)C(C)(C)C)N(C)C(=O)OC(C)(C)C.O=C1OC2(c3ccc(O)cc3Oc3cc(O)ccc32)c2ccc(N=C=S)cc21. The highest BCUT2D eigenvalue weighted by Gasteiger charge is 2.54. The van der Waals surface area contributed by atoms with Gasteiger partial charge < -0.3 is 65.1 Å². The van der Waals surface area contributed by atoms with Crippen LogP contribution in [0.25, 0.3) is 0 Å². The van der Waals surface area contributed by atoms with Crippen molar-refractivity contribution in [2.45, 2.75) is 200 Å². The molecule has 4 heterocycles. The van der Waals surface area contributed by atoms with E-state index >= 15 is 0 Å². The van der Waals surface area contributed by atoms with E-state index in [1.165, 1.54) is 48.2 Å². The topological polar surface area (TPSA) is 313 Å². The third-order valence-corrected chi connectivity index (χ3v) is 19.7. The first-order valence-corrected chi connectivity index (χ1v) is 37.2. The number of nitrogens with two attached hydrogens (primary N) is 1. The van der Waals surface area contributed by atoms with E-state index in [0.717, 1.165) is 11.1 Å². The number of phenols is 2. The predicted octanol–water partition coefficient (Wildman–Crippen LogP) is 10.9. The average molecular weight is 1490 g/mol. The zero-order valence-electron chi connectivity index (χ0n) is 64.0. The number of likely N-dealkylation sites (N-methyl/N-ethyl adjacent to an activating group) is 2. The molecule has 0 saturated carbocycles. The third-order valence-electron chi connectivity index (χ3n) is 19.6. The van der Waals surface area contributed by atoms with Crippen molar-refractivity contribution < 1.29 is 72.3 Å². The minimum atomic E-state index is -1.27. The molecule has 576 valence electrons. The van der Waals surface area contributed by atoms with Crippen molar-refractivity contribution in [2.24, 2.45) is 16.1 Å². The second-order valence-electron chi connectivity index (χ2n) is 31.0. The van der Waals surface area contributed by atoms with Crippen LogP contribution in [0.5, 0.6) is 23.0 Å². The number of aromatic hydroxyl groups is 2. The van der Waals surface area contributed by atoms with Gasteiger partial charge in [-0.25, -0.2) is 14.4 Å². The maximum Gasteiger partial charge on any atom is 0.410 e. The molecule has 2 saturated heterocycles. The largest absolute Gasteiger partial charge is 0.508 e. The van der Waals surface area contributed by atoms with E-state index in [9.17, 15) is 53.4 Å². The van der Waals surface area contributed by atoms with E-state index in [-0.39, 0.29) is 79.6 Å². The van der Waals surface area contributed by atoms with E-state index in [1.54, 1.807) is 100 Å². The van der Waals surface area contributed by atoms with Gasteiger partial charge in [0.1, 0.15) is 58.4 Å². The number of carbonyl (C=O) groups excluding carboxylic acids is 9. The third kappa shape index (κ3) is 21.5. The molecule has 8 amide bonds. The predicted molar refractivity (Wildman–Crippen MR) is 408 cm³/mol. The molecule has 4 aliphatic rings. The van der Waals surface area contributed by atoms with Crippen molar-refractivity contribution in [3.05, 3.63) is 149 Å². The number of hydrogen-bond acceptors (Lipinski definition) is 18. The highest BCUT2D eigenvalue weighted by atomic mass is 32.1. The Morgan fingerprint density at radius 1 is 0.645 bits per heavy atom. The molecule has 1 spiro atoms. The molecule has 9 rings (SSSR count). The van der Waals surface area contributed by atoms with Crippen molar-refractivity contribution in [3.63, 3.8) is 0 Å². The molecule has 26 heteroatoms. The number of esters is 1. The number of fused-ring (bicyclic) bond motifs is 6. The van der Waals surface area contributed by atoms with Crippen molar-refractivity contribution in [1.82, 2.24) is 40.0 Å². The minimum absolute atomic E-state index is 0.00715. The fourth-order valence-corrected chi connectivity index (χ4v) is 13.7. The number of ether oxygens (including phenoxy) is 4. The number of isothiocyanates is 1. The van der Waals surface area contributed by atoms with Gasteiger partial charge in [0.2, 0.25) is 35.4 Å². The van der Waals surface area contributed by atoms with E-state index in [0.29, 0.717) is 124 Å². The maximum absolute atomic E-state index is 14.6. The van der Waals surface area contributed by atoms with Gasteiger partial charge in [-0.3, -0.25) is 38.6 Å². The fourth-order valence-electron chi connectivity index (χ4n) is 13.6. The Morgan fingerprint density at radius 2 is 1.10 bits per heavy atom. The number of likely N-dealkylation sites (tertiary alicyclic amines) is 2. The lowest BCUT2D eigenvalue weighted by molar-refractivity contribution is -0.142. The molecule has 4 aliphatic heterocycles. The van der Waals surface area contributed by atoms with Crippen molar-refractivity contribution >= 4 is 76.7 Å². The summed E-state index contributed by atoms with van der Waals surface area (Å²) in [6.45, 7) is 21.8. The lowest BCUT2D eigenvalue weighted by Gasteiger charge is -2.38. The first-order valence-electron chi connectivity index (χ1n) is 36.8. The van der Waals surface area contributed by atoms with Gasteiger partial charge in [-0.1, -0.05) is 87.5 Å². The van der Waals surface area contributed by atoms with Gasteiger partial charge in [-0.15, -0.1) is 0 Å². The highest BCUT2D eigenvalue weighted by Crippen LogP contribution is 2.57. The summed E-state index contributed by atoms with van der Waals surface area (Å²) in [4.78, 5) is 137. The van der Waals surface area contributed by atoms with Crippen LogP contribution < -0.4 is 21.1 Å². The van der Waals surface area contributed by atoms with Crippen molar-refractivity contribution in [1.29, 1.82) is 0 Å². The summed E-state index contributed by atoms with van der Waals surface area (Å²) in [6.07, 6.45) is 3.80. The van der Waals surface area contributed by atoms with Gasteiger partial charge in [-0.05, 0) is 185 Å². The molecule has 107 heavy (non-hydrogen) atoms. The number of rotatable bonds is 26. The smallest absolute Gasteiger partial charge is 0.410 e.